The topological polar surface area (TPSA) is 44.3 Å². The number of hydrogen-bond acceptors (Lipinski definition) is 6. The fraction of sp³-hybridized carbons (Fsp3) is 0.524. The highest BCUT2D eigenvalue weighted by Crippen LogP contribution is 2.43. The number of nitrogens with zero attached hydrogens (tertiary/aromatic N) is 4. The smallest absolute Gasteiger partial charge is 0.187 e. The first-order valence-corrected chi connectivity index (χ1v) is 11.1. The van der Waals surface area contributed by atoms with E-state index in [1.807, 2.05) is 18.6 Å². The first kappa shape index (κ1) is 17.6. The number of rotatable bonds is 5. The van der Waals surface area contributed by atoms with E-state index in [0.717, 1.165) is 24.8 Å². The van der Waals surface area contributed by atoms with E-state index in [4.69, 9.17) is 0 Å². The van der Waals surface area contributed by atoms with Crippen LogP contribution in [0.2, 0.25) is 0 Å². The Balaban J connectivity index is 1.44. The third kappa shape index (κ3) is 3.18. The highest BCUT2D eigenvalue weighted by molar-refractivity contribution is 7.98. The highest BCUT2D eigenvalue weighted by atomic mass is 32.2. The Kier molecular flexibility index (Phi) is 4.68. The van der Waals surface area contributed by atoms with Crippen LogP contribution in [-0.4, -0.2) is 71.3 Å². The molecule has 4 aliphatic rings. The Bertz CT molecular complexity index is 765. The summed E-state index contributed by atoms with van der Waals surface area (Å²) in [6, 6.07) is 11.7. The van der Waals surface area contributed by atoms with Gasteiger partial charge in [-0.25, -0.2) is 9.97 Å². The van der Waals surface area contributed by atoms with E-state index in [9.17, 15) is 0 Å². The maximum Gasteiger partial charge on any atom is 0.187 e. The number of thioether (sulfide) groups is 1. The Labute approximate surface area is 165 Å². The van der Waals surface area contributed by atoms with Crippen LogP contribution in [0.25, 0.3) is 0 Å². The molecule has 0 amide bonds. The maximum atomic E-state index is 4.44. The largest absolute Gasteiger partial charge is 0.308 e. The molecule has 4 aliphatic heterocycles. The quantitative estimate of drug-likeness (QED) is 0.630. The molecule has 4 bridgehead atoms. The van der Waals surface area contributed by atoms with Crippen molar-refractivity contribution in [2.45, 2.75) is 23.2 Å². The molecule has 1 aromatic heterocycles. The summed E-state index contributed by atoms with van der Waals surface area (Å²) in [5.41, 5.74) is 2.82. The van der Waals surface area contributed by atoms with Gasteiger partial charge in [0, 0.05) is 81.1 Å². The summed E-state index contributed by atoms with van der Waals surface area (Å²) in [6.45, 7) is 8.00. The molecule has 3 atom stereocenters. The lowest BCUT2D eigenvalue weighted by Crippen LogP contribution is -2.69. The van der Waals surface area contributed by atoms with Crippen LogP contribution in [0.1, 0.15) is 11.1 Å². The van der Waals surface area contributed by atoms with Gasteiger partial charge in [-0.15, -0.1) is 0 Å². The van der Waals surface area contributed by atoms with Gasteiger partial charge in [0.2, 0.25) is 0 Å². The van der Waals surface area contributed by atoms with Crippen LogP contribution in [0.4, 0.5) is 0 Å². The SMILES string of the molecule is CSc1ncc(CNC2C3CN4CCN(C3)CC2(c2ccccc2)C4)cn1. The van der Waals surface area contributed by atoms with Gasteiger partial charge in [-0.2, -0.15) is 0 Å². The van der Waals surface area contributed by atoms with Crippen molar-refractivity contribution in [3.05, 3.63) is 53.9 Å². The Morgan fingerprint density at radius 3 is 2.37 bits per heavy atom. The third-order valence-electron chi connectivity index (χ3n) is 6.54. The first-order chi connectivity index (χ1) is 13.3. The van der Waals surface area contributed by atoms with Crippen molar-refractivity contribution in [1.82, 2.24) is 25.1 Å². The molecule has 0 radical (unpaired) electrons. The second-order valence-corrected chi connectivity index (χ2v) is 8.96. The average Bonchev–Trinajstić information content (AvgIpc) is 2.96. The Morgan fingerprint density at radius 2 is 1.74 bits per heavy atom. The lowest BCUT2D eigenvalue weighted by molar-refractivity contribution is 0.0174. The van der Waals surface area contributed by atoms with Gasteiger partial charge in [0.25, 0.3) is 0 Å². The van der Waals surface area contributed by atoms with Crippen LogP contribution in [0.15, 0.2) is 47.9 Å². The summed E-state index contributed by atoms with van der Waals surface area (Å²) >= 11 is 1.59. The summed E-state index contributed by atoms with van der Waals surface area (Å²) in [5, 5.41) is 4.78. The van der Waals surface area contributed by atoms with Crippen LogP contribution in [0.3, 0.4) is 0 Å². The molecular weight excluding hydrogens is 354 g/mol. The van der Waals surface area contributed by atoms with Gasteiger partial charge in [0.15, 0.2) is 5.16 Å². The molecule has 6 heteroatoms. The molecule has 0 aliphatic carbocycles. The summed E-state index contributed by atoms with van der Waals surface area (Å²) < 4.78 is 0. The lowest BCUT2D eigenvalue weighted by Gasteiger charge is -2.56. The second-order valence-electron chi connectivity index (χ2n) is 8.19. The van der Waals surface area contributed by atoms with Gasteiger partial charge < -0.3 is 15.1 Å². The molecule has 1 aromatic carbocycles. The van der Waals surface area contributed by atoms with E-state index in [0.29, 0.717) is 12.0 Å². The van der Waals surface area contributed by atoms with Crippen LogP contribution < -0.4 is 5.32 Å². The number of benzene rings is 1. The van der Waals surface area contributed by atoms with Crippen molar-refractivity contribution in [2.24, 2.45) is 5.92 Å². The van der Waals surface area contributed by atoms with E-state index in [2.05, 4.69) is 55.4 Å². The van der Waals surface area contributed by atoms with Crippen molar-refractivity contribution in [3.63, 3.8) is 0 Å². The molecule has 1 N–H and O–H groups in total. The highest BCUT2D eigenvalue weighted by Gasteiger charge is 2.54. The minimum absolute atomic E-state index is 0.166. The molecular formula is C21H27N5S. The van der Waals surface area contributed by atoms with Crippen molar-refractivity contribution in [3.8, 4) is 0 Å². The molecule has 5 heterocycles. The molecule has 4 fully saturated rings. The van der Waals surface area contributed by atoms with Gasteiger partial charge in [-0.05, 0) is 11.8 Å². The second kappa shape index (κ2) is 7.17. The summed E-state index contributed by atoms with van der Waals surface area (Å²) in [6.07, 6.45) is 5.95. The molecule has 0 spiro atoms. The normalized spacial score (nSPS) is 34.6. The maximum absolute atomic E-state index is 4.44. The van der Waals surface area contributed by atoms with Crippen LogP contribution in [0.5, 0.6) is 0 Å². The zero-order chi connectivity index (χ0) is 18.3. The van der Waals surface area contributed by atoms with Gasteiger partial charge in [-0.3, -0.25) is 0 Å². The van der Waals surface area contributed by atoms with Gasteiger partial charge in [-0.1, -0.05) is 42.1 Å². The number of nitrogens with one attached hydrogen (secondary N) is 1. The minimum atomic E-state index is 0.166. The molecule has 2 aromatic rings. The third-order valence-corrected chi connectivity index (χ3v) is 7.11. The predicted octanol–water partition coefficient (Wildman–Crippen LogP) is 1.86. The van der Waals surface area contributed by atoms with Crippen molar-refractivity contribution in [2.75, 3.05) is 45.5 Å². The van der Waals surface area contributed by atoms with Crippen LogP contribution >= 0.6 is 11.8 Å². The van der Waals surface area contributed by atoms with E-state index in [1.165, 1.54) is 37.3 Å². The molecule has 3 unspecified atom stereocenters. The molecule has 0 saturated carbocycles. The average molecular weight is 382 g/mol. The van der Waals surface area contributed by atoms with Crippen molar-refractivity contribution < 1.29 is 0 Å². The van der Waals surface area contributed by atoms with Crippen molar-refractivity contribution >= 4 is 11.8 Å². The first-order valence-electron chi connectivity index (χ1n) is 9.85. The van der Waals surface area contributed by atoms with Crippen LogP contribution in [-0.2, 0) is 12.0 Å². The standard InChI is InChI=1S/C21H27N5S/c1-27-20-23-10-16(11-24-20)9-22-19-17-12-25-7-8-26(13-17)15-21(19,14-25)18-5-3-2-4-6-18/h2-6,10-11,17,19,22H,7-9,12-15H2,1H3. The van der Waals surface area contributed by atoms with E-state index in [1.54, 1.807) is 11.8 Å². The fourth-order valence-corrected chi connectivity index (χ4v) is 5.76. The molecule has 142 valence electrons. The number of hydrogen-bond donors (Lipinski definition) is 1. The molecule has 27 heavy (non-hydrogen) atoms. The number of piperidine rings is 2. The van der Waals surface area contributed by atoms with E-state index >= 15 is 0 Å². The zero-order valence-corrected chi connectivity index (χ0v) is 16.7. The van der Waals surface area contributed by atoms with Crippen molar-refractivity contribution in [1.29, 1.82) is 0 Å². The van der Waals surface area contributed by atoms with E-state index < -0.39 is 0 Å². The molecule has 4 saturated heterocycles. The lowest BCUT2D eigenvalue weighted by atomic mass is 9.64. The van der Waals surface area contributed by atoms with Gasteiger partial charge in [0.05, 0.1) is 0 Å². The Hall–Kier alpha value is -1.47. The monoisotopic (exact) mass is 381 g/mol. The molecule has 6 rings (SSSR count). The number of aromatic nitrogens is 2. The minimum Gasteiger partial charge on any atom is -0.308 e. The van der Waals surface area contributed by atoms with E-state index in [-0.39, 0.29) is 5.41 Å². The number of fused-ring (bicyclic) bond motifs is 1. The zero-order valence-electron chi connectivity index (χ0n) is 15.8. The Morgan fingerprint density at radius 1 is 1.07 bits per heavy atom. The summed E-state index contributed by atoms with van der Waals surface area (Å²) in [4.78, 5) is 14.3. The predicted molar refractivity (Wildman–Crippen MR) is 109 cm³/mol. The molecule has 5 nitrogen and oxygen atoms in total. The van der Waals surface area contributed by atoms with Gasteiger partial charge >= 0.3 is 0 Å². The van der Waals surface area contributed by atoms with Gasteiger partial charge in [0.1, 0.15) is 0 Å². The summed E-state index contributed by atoms with van der Waals surface area (Å²) in [7, 11) is 0. The summed E-state index contributed by atoms with van der Waals surface area (Å²) in [5.74, 6) is 0.668. The fourth-order valence-electron chi connectivity index (χ4n) is 5.44. The van der Waals surface area contributed by atoms with Crippen LogP contribution in [0, 0.1) is 5.92 Å².